The molecule has 0 unspecified atom stereocenters. The molecular formula is C17H16ClN3O3. The maximum Gasteiger partial charge on any atom is 0.267 e. The van der Waals surface area contributed by atoms with Crippen LogP contribution in [0.25, 0.3) is 17.1 Å². The molecule has 0 fully saturated rings. The highest BCUT2D eigenvalue weighted by Crippen LogP contribution is 2.16. The lowest BCUT2D eigenvalue weighted by Gasteiger charge is -2.04. The van der Waals surface area contributed by atoms with Crippen molar-refractivity contribution in [1.29, 1.82) is 0 Å². The highest BCUT2D eigenvalue weighted by atomic mass is 35.5. The number of aromatic amines is 1. The predicted molar refractivity (Wildman–Crippen MR) is 93.1 cm³/mol. The van der Waals surface area contributed by atoms with Crippen molar-refractivity contribution in [1.82, 2.24) is 15.4 Å². The smallest absolute Gasteiger partial charge is 0.267 e. The Morgan fingerprint density at radius 2 is 1.96 bits per heavy atom. The normalized spacial score (nSPS) is 10.5. The third-order valence-corrected chi connectivity index (χ3v) is 3.23. The first kappa shape index (κ1) is 17.5. The Balaban J connectivity index is 0.00000208. The van der Waals surface area contributed by atoms with Crippen LogP contribution in [0.1, 0.15) is 11.4 Å². The second-order valence-corrected chi connectivity index (χ2v) is 4.87. The summed E-state index contributed by atoms with van der Waals surface area (Å²) in [4.78, 5) is 18.5. The summed E-state index contributed by atoms with van der Waals surface area (Å²) >= 11 is 0. The number of carbonyl (C=O) groups is 1. The van der Waals surface area contributed by atoms with E-state index in [2.05, 4.69) is 9.97 Å². The number of nitrogens with zero attached hydrogens (tertiary/aromatic N) is 1. The van der Waals surface area contributed by atoms with E-state index in [1.165, 1.54) is 11.6 Å². The average molecular weight is 346 g/mol. The molecule has 2 aromatic carbocycles. The van der Waals surface area contributed by atoms with E-state index >= 15 is 0 Å². The van der Waals surface area contributed by atoms with E-state index in [0.717, 1.165) is 22.4 Å². The fourth-order valence-electron chi connectivity index (χ4n) is 2.11. The molecule has 24 heavy (non-hydrogen) atoms. The molecule has 6 nitrogen and oxygen atoms in total. The van der Waals surface area contributed by atoms with E-state index in [1.54, 1.807) is 18.2 Å². The molecule has 1 heterocycles. The second-order valence-electron chi connectivity index (χ2n) is 4.87. The molecule has 0 atom stereocenters. The van der Waals surface area contributed by atoms with Crippen molar-refractivity contribution in [2.45, 2.75) is 6.61 Å². The molecule has 0 spiro atoms. The molecule has 0 saturated carbocycles. The number of fused-ring (bicyclic) bond motifs is 1. The summed E-state index contributed by atoms with van der Waals surface area (Å²) in [5.41, 5.74) is 4.25. The number of H-pyrrole nitrogens is 1. The van der Waals surface area contributed by atoms with Gasteiger partial charge in [-0.15, -0.1) is 12.4 Å². The Kier molecular flexibility index (Phi) is 5.95. The van der Waals surface area contributed by atoms with Crippen LogP contribution in [0.3, 0.4) is 0 Å². The zero-order chi connectivity index (χ0) is 16.1. The van der Waals surface area contributed by atoms with Gasteiger partial charge in [0.25, 0.3) is 5.91 Å². The van der Waals surface area contributed by atoms with Gasteiger partial charge in [-0.05, 0) is 35.9 Å². The van der Waals surface area contributed by atoms with Crippen LogP contribution in [-0.2, 0) is 11.4 Å². The number of hydrogen-bond acceptors (Lipinski definition) is 4. The molecule has 124 valence electrons. The largest absolute Gasteiger partial charge is 0.486 e. The molecular weight excluding hydrogens is 330 g/mol. The first-order chi connectivity index (χ1) is 11.2. The SMILES string of the molecule is Cl.O=C(/C=C/c1ccc(OCc2nc3ccccc3[nH]2)cc1)NO. The molecule has 3 N–H and O–H groups in total. The molecule has 0 radical (unpaired) electrons. The maximum atomic E-state index is 10.9. The number of nitrogens with one attached hydrogen (secondary N) is 2. The number of aromatic nitrogens is 2. The van der Waals surface area contributed by atoms with Gasteiger partial charge < -0.3 is 9.72 Å². The van der Waals surface area contributed by atoms with Gasteiger partial charge in [-0.25, -0.2) is 10.5 Å². The Bertz CT molecular complexity index is 811. The van der Waals surface area contributed by atoms with Gasteiger partial charge in [0.2, 0.25) is 0 Å². The van der Waals surface area contributed by atoms with E-state index in [4.69, 9.17) is 9.94 Å². The van der Waals surface area contributed by atoms with Crippen LogP contribution in [0.2, 0.25) is 0 Å². The van der Waals surface area contributed by atoms with Gasteiger partial charge in [-0.3, -0.25) is 10.0 Å². The zero-order valence-corrected chi connectivity index (χ0v) is 13.4. The molecule has 0 bridgehead atoms. The van der Waals surface area contributed by atoms with Gasteiger partial charge in [0, 0.05) is 6.08 Å². The molecule has 1 aromatic heterocycles. The Hall–Kier alpha value is -2.83. The van der Waals surface area contributed by atoms with Crippen LogP contribution < -0.4 is 10.2 Å². The number of rotatable bonds is 5. The van der Waals surface area contributed by atoms with Gasteiger partial charge in [0.15, 0.2) is 0 Å². The van der Waals surface area contributed by atoms with Crippen LogP contribution >= 0.6 is 12.4 Å². The summed E-state index contributed by atoms with van der Waals surface area (Å²) < 4.78 is 5.69. The standard InChI is InChI=1S/C17H15N3O3.ClH/c21-17(20-22)10-7-12-5-8-13(9-6-12)23-11-16-18-14-3-1-2-4-15(14)19-16;/h1-10,22H,11H2,(H,18,19)(H,20,21);1H/b10-7+;. The minimum absolute atomic E-state index is 0. The fourth-order valence-corrected chi connectivity index (χ4v) is 2.11. The highest BCUT2D eigenvalue weighted by Gasteiger charge is 2.02. The zero-order valence-electron chi connectivity index (χ0n) is 12.6. The van der Waals surface area contributed by atoms with Crippen LogP contribution in [-0.4, -0.2) is 21.1 Å². The lowest BCUT2D eigenvalue weighted by Crippen LogP contribution is -2.14. The number of halogens is 1. The number of benzene rings is 2. The van der Waals surface area contributed by atoms with E-state index in [0.29, 0.717) is 12.4 Å². The molecule has 3 rings (SSSR count). The first-order valence-corrected chi connectivity index (χ1v) is 7.03. The number of carbonyl (C=O) groups excluding carboxylic acids is 1. The van der Waals surface area contributed by atoms with E-state index in [1.807, 2.05) is 36.4 Å². The molecule has 0 aliphatic rings. The molecule has 3 aromatic rings. The van der Waals surface area contributed by atoms with E-state index < -0.39 is 5.91 Å². The van der Waals surface area contributed by atoms with Gasteiger partial charge in [0.1, 0.15) is 18.2 Å². The van der Waals surface area contributed by atoms with Crippen LogP contribution in [0.4, 0.5) is 0 Å². The Morgan fingerprint density at radius 1 is 1.21 bits per heavy atom. The van der Waals surface area contributed by atoms with Crippen molar-refractivity contribution in [3.05, 3.63) is 66.0 Å². The number of ether oxygens (including phenoxy) is 1. The summed E-state index contributed by atoms with van der Waals surface area (Å²) in [6.07, 6.45) is 2.83. The summed E-state index contributed by atoms with van der Waals surface area (Å²) in [6, 6.07) is 15.0. The number of amides is 1. The van der Waals surface area contributed by atoms with E-state index in [9.17, 15) is 4.79 Å². The lowest BCUT2D eigenvalue weighted by atomic mass is 10.2. The Labute approximate surface area is 144 Å². The quantitative estimate of drug-likeness (QED) is 0.377. The van der Waals surface area contributed by atoms with Crippen LogP contribution in [0.15, 0.2) is 54.6 Å². The van der Waals surface area contributed by atoms with Crippen molar-refractivity contribution in [2.75, 3.05) is 0 Å². The molecule has 1 amide bonds. The fraction of sp³-hybridized carbons (Fsp3) is 0.0588. The monoisotopic (exact) mass is 345 g/mol. The maximum absolute atomic E-state index is 10.9. The van der Waals surface area contributed by atoms with Crippen LogP contribution in [0.5, 0.6) is 5.75 Å². The topological polar surface area (TPSA) is 87.2 Å². The molecule has 0 aliphatic heterocycles. The number of hydroxylamine groups is 1. The average Bonchev–Trinajstić information content (AvgIpc) is 3.01. The highest BCUT2D eigenvalue weighted by molar-refractivity contribution is 5.90. The van der Waals surface area contributed by atoms with E-state index in [-0.39, 0.29) is 12.4 Å². The van der Waals surface area contributed by atoms with Gasteiger partial charge in [-0.2, -0.15) is 0 Å². The minimum atomic E-state index is -0.574. The molecule has 0 saturated heterocycles. The molecule has 0 aliphatic carbocycles. The van der Waals surface area contributed by atoms with Crippen molar-refractivity contribution in [3.8, 4) is 5.75 Å². The minimum Gasteiger partial charge on any atom is -0.486 e. The summed E-state index contributed by atoms with van der Waals surface area (Å²) in [6.45, 7) is 0.344. The van der Waals surface area contributed by atoms with Crippen molar-refractivity contribution >= 4 is 35.4 Å². The van der Waals surface area contributed by atoms with Gasteiger partial charge >= 0.3 is 0 Å². The summed E-state index contributed by atoms with van der Waals surface area (Å²) in [5.74, 6) is 0.888. The predicted octanol–water partition coefficient (Wildman–Crippen LogP) is 3.08. The third kappa shape index (κ3) is 4.34. The number of imidazole rings is 1. The van der Waals surface area contributed by atoms with Crippen molar-refractivity contribution < 1.29 is 14.7 Å². The van der Waals surface area contributed by atoms with Crippen molar-refractivity contribution in [3.63, 3.8) is 0 Å². The van der Waals surface area contributed by atoms with Crippen LogP contribution in [0, 0.1) is 0 Å². The number of hydrogen-bond donors (Lipinski definition) is 3. The summed E-state index contributed by atoms with van der Waals surface area (Å²) in [5, 5.41) is 8.41. The second kappa shape index (κ2) is 8.14. The van der Waals surface area contributed by atoms with Crippen molar-refractivity contribution in [2.24, 2.45) is 0 Å². The number of para-hydroxylation sites is 2. The third-order valence-electron chi connectivity index (χ3n) is 3.23. The Morgan fingerprint density at radius 3 is 2.67 bits per heavy atom. The van der Waals surface area contributed by atoms with Gasteiger partial charge in [0.05, 0.1) is 11.0 Å². The lowest BCUT2D eigenvalue weighted by molar-refractivity contribution is -0.124. The first-order valence-electron chi connectivity index (χ1n) is 7.03. The summed E-state index contributed by atoms with van der Waals surface area (Å²) in [7, 11) is 0. The van der Waals surface area contributed by atoms with Gasteiger partial charge in [-0.1, -0.05) is 24.3 Å². The molecule has 7 heteroatoms.